The molecule has 0 aromatic rings. The van der Waals surface area contributed by atoms with E-state index in [0.29, 0.717) is 19.6 Å². The molecule has 0 aromatic carbocycles. The molecule has 1 atom stereocenters. The fourth-order valence-corrected chi connectivity index (χ4v) is 0.945. The third-order valence-electron chi connectivity index (χ3n) is 1.83. The normalized spacial score (nSPS) is 13.8. The molecule has 1 unspecified atom stereocenters. The van der Waals surface area contributed by atoms with Gasteiger partial charge in [-0.1, -0.05) is 0 Å². The van der Waals surface area contributed by atoms with E-state index in [-0.39, 0.29) is 12.0 Å². The van der Waals surface area contributed by atoms with Crippen molar-refractivity contribution in [1.82, 2.24) is 5.32 Å². The Morgan fingerprint density at radius 1 is 1.57 bits per heavy atom. The summed E-state index contributed by atoms with van der Waals surface area (Å²) in [5.74, 6) is -0.247. The summed E-state index contributed by atoms with van der Waals surface area (Å²) in [6, 6.07) is -0.308. The Labute approximate surface area is 85.6 Å². The summed E-state index contributed by atoms with van der Waals surface area (Å²) in [5.41, 5.74) is -0.693. The topological polar surface area (TPSA) is 58.6 Å². The van der Waals surface area contributed by atoms with Gasteiger partial charge < -0.3 is 15.2 Å². The highest BCUT2D eigenvalue weighted by Gasteiger charge is 2.16. The summed E-state index contributed by atoms with van der Waals surface area (Å²) in [5, 5.41) is 12.4. The van der Waals surface area contributed by atoms with E-state index in [2.05, 4.69) is 5.32 Å². The van der Waals surface area contributed by atoms with Gasteiger partial charge in [-0.05, 0) is 40.7 Å². The number of hydrogen-bond acceptors (Lipinski definition) is 4. The minimum absolute atomic E-state index is 0.247. The Balaban J connectivity index is 3.63. The van der Waals surface area contributed by atoms with Crippen molar-refractivity contribution in [3.63, 3.8) is 0 Å². The van der Waals surface area contributed by atoms with Gasteiger partial charge in [-0.2, -0.15) is 0 Å². The summed E-state index contributed by atoms with van der Waals surface area (Å²) in [7, 11) is 0. The van der Waals surface area contributed by atoms with Gasteiger partial charge in [-0.15, -0.1) is 0 Å². The van der Waals surface area contributed by atoms with Crippen LogP contribution in [0, 0.1) is 0 Å². The molecule has 0 aliphatic rings. The number of carbonyl (C=O) groups is 1. The molecule has 14 heavy (non-hydrogen) atoms. The maximum absolute atomic E-state index is 11.2. The van der Waals surface area contributed by atoms with Gasteiger partial charge >= 0.3 is 5.97 Å². The smallest absolute Gasteiger partial charge is 0.322 e. The van der Waals surface area contributed by atoms with Gasteiger partial charge in [0.1, 0.15) is 6.04 Å². The van der Waals surface area contributed by atoms with Gasteiger partial charge in [-0.25, -0.2) is 0 Å². The van der Waals surface area contributed by atoms with Crippen LogP contribution in [0.5, 0.6) is 0 Å². The van der Waals surface area contributed by atoms with Gasteiger partial charge in [0.25, 0.3) is 0 Å². The second-order valence-corrected chi connectivity index (χ2v) is 3.99. The second kappa shape index (κ2) is 5.98. The predicted octanol–water partition coefficient (Wildman–Crippen LogP) is 0.689. The van der Waals surface area contributed by atoms with E-state index in [4.69, 9.17) is 4.74 Å². The summed E-state index contributed by atoms with van der Waals surface area (Å²) in [6.07, 6.45) is 0.608. The molecule has 0 radical (unpaired) electrons. The molecule has 0 spiro atoms. The molecular formula is C10H21NO3. The highest BCUT2D eigenvalue weighted by molar-refractivity contribution is 5.75. The van der Waals surface area contributed by atoms with Crippen molar-refractivity contribution in [2.45, 2.75) is 45.8 Å². The number of hydrogen-bond donors (Lipinski definition) is 2. The zero-order valence-corrected chi connectivity index (χ0v) is 9.46. The van der Waals surface area contributed by atoms with E-state index < -0.39 is 5.60 Å². The van der Waals surface area contributed by atoms with Crippen LogP contribution in [0.25, 0.3) is 0 Å². The Hall–Kier alpha value is -0.610. The van der Waals surface area contributed by atoms with Crippen molar-refractivity contribution >= 4 is 5.97 Å². The number of esters is 1. The zero-order chi connectivity index (χ0) is 11.2. The third-order valence-corrected chi connectivity index (χ3v) is 1.83. The minimum Gasteiger partial charge on any atom is -0.465 e. The molecule has 84 valence electrons. The fourth-order valence-electron chi connectivity index (χ4n) is 0.945. The average molecular weight is 203 g/mol. The summed E-state index contributed by atoms with van der Waals surface area (Å²) < 4.78 is 4.82. The Morgan fingerprint density at radius 2 is 2.14 bits per heavy atom. The van der Waals surface area contributed by atoms with Crippen LogP contribution in [0.4, 0.5) is 0 Å². The molecule has 0 rings (SSSR count). The van der Waals surface area contributed by atoms with Crippen molar-refractivity contribution in [2.75, 3.05) is 13.2 Å². The quantitative estimate of drug-likeness (QED) is 0.624. The molecule has 0 bridgehead atoms. The van der Waals surface area contributed by atoms with Crippen LogP contribution < -0.4 is 5.32 Å². The standard InChI is InChI=1S/C10H21NO3/c1-5-14-9(12)8(2)11-7-6-10(3,4)13/h8,11,13H,5-7H2,1-4H3. The largest absolute Gasteiger partial charge is 0.465 e. The van der Waals surface area contributed by atoms with Gasteiger partial charge in [-0.3, -0.25) is 4.79 Å². The van der Waals surface area contributed by atoms with Crippen molar-refractivity contribution in [3.05, 3.63) is 0 Å². The van der Waals surface area contributed by atoms with Crippen LogP contribution in [-0.4, -0.2) is 35.9 Å². The van der Waals surface area contributed by atoms with Crippen LogP contribution >= 0.6 is 0 Å². The van der Waals surface area contributed by atoms with E-state index in [9.17, 15) is 9.90 Å². The van der Waals surface area contributed by atoms with Gasteiger partial charge in [0.2, 0.25) is 0 Å². The van der Waals surface area contributed by atoms with Crippen LogP contribution in [0.15, 0.2) is 0 Å². The minimum atomic E-state index is -0.693. The number of carbonyl (C=O) groups excluding carboxylic acids is 1. The van der Waals surface area contributed by atoms with Gasteiger partial charge in [0.15, 0.2) is 0 Å². The molecule has 2 N–H and O–H groups in total. The molecule has 0 amide bonds. The van der Waals surface area contributed by atoms with Crippen molar-refractivity contribution in [1.29, 1.82) is 0 Å². The van der Waals surface area contributed by atoms with E-state index in [0.717, 1.165) is 0 Å². The molecule has 0 aliphatic carbocycles. The first-order valence-corrected chi connectivity index (χ1v) is 4.99. The lowest BCUT2D eigenvalue weighted by Gasteiger charge is -2.19. The first-order valence-electron chi connectivity index (χ1n) is 4.99. The molecule has 0 aliphatic heterocycles. The highest BCUT2D eigenvalue weighted by atomic mass is 16.5. The lowest BCUT2D eigenvalue weighted by Crippen LogP contribution is -2.38. The third kappa shape index (κ3) is 6.86. The first kappa shape index (κ1) is 13.4. The number of rotatable bonds is 6. The van der Waals surface area contributed by atoms with E-state index in [1.165, 1.54) is 0 Å². The molecule has 0 saturated heterocycles. The maximum atomic E-state index is 11.2. The van der Waals surface area contributed by atoms with Crippen LogP contribution in [0.1, 0.15) is 34.1 Å². The van der Waals surface area contributed by atoms with E-state index in [1.54, 1.807) is 27.7 Å². The van der Waals surface area contributed by atoms with Crippen molar-refractivity contribution < 1.29 is 14.6 Å². The lowest BCUT2D eigenvalue weighted by atomic mass is 10.1. The number of nitrogens with one attached hydrogen (secondary N) is 1. The van der Waals surface area contributed by atoms with Crippen LogP contribution in [0.3, 0.4) is 0 Å². The summed E-state index contributed by atoms with van der Waals surface area (Å²) in [4.78, 5) is 11.2. The summed E-state index contributed by atoms with van der Waals surface area (Å²) in [6.45, 7) is 8.01. The molecule has 0 saturated carbocycles. The fraction of sp³-hybridized carbons (Fsp3) is 0.900. The molecular weight excluding hydrogens is 182 g/mol. The maximum Gasteiger partial charge on any atom is 0.322 e. The van der Waals surface area contributed by atoms with Crippen molar-refractivity contribution in [2.24, 2.45) is 0 Å². The van der Waals surface area contributed by atoms with E-state index >= 15 is 0 Å². The molecule has 0 aromatic heterocycles. The monoisotopic (exact) mass is 203 g/mol. The van der Waals surface area contributed by atoms with Crippen LogP contribution in [-0.2, 0) is 9.53 Å². The average Bonchev–Trinajstić information content (AvgIpc) is 2.02. The first-order chi connectivity index (χ1) is 6.37. The SMILES string of the molecule is CCOC(=O)C(C)NCCC(C)(C)O. The number of ether oxygens (including phenoxy) is 1. The molecule has 4 heteroatoms. The summed E-state index contributed by atoms with van der Waals surface area (Å²) >= 11 is 0. The highest BCUT2D eigenvalue weighted by Crippen LogP contribution is 2.05. The van der Waals surface area contributed by atoms with E-state index in [1.807, 2.05) is 0 Å². The second-order valence-electron chi connectivity index (χ2n) is 3.99. The van der Waals surface area contributed by atoms with Crippen LogP contribution in [0.2, 0.25) is 0 Å². The molecule has 4 nitrogen and oxygen atoms in total. The predicted molar refractivity (Wildman–Crippen MR) is 55.0 cm³/mol. The van der Waals surface area contributed by atoms with Gasteiger partial charge in [0, 0.05) is 0 Å². The Kier molecular flexibility index (Phi) is 5.72. The Bertz CT molecular complexity index is 175. The van der Waals surface area contributed by atoms with Crippen molar-refractivity contribution in [3.8, 4) is 0 Å². The zero-order valence-electron chi connectivity index (χ0n) is 9.46. The Morgan fingerprint density at radius 3 is 2.57 bits per heavy atom. The molecule has 0 heterocycles. The van der Waals surface area contributed by atoms with Gasteiger partial charge in [0.05, 0.1) is 12.2 Å². The lowest BCUT2D eigenvalue weighted by molar-refractivity contribution is -0.145. The number of aliphatic hydroxyl groups is 1. The molecule has 0 fully saturated rings.